The van der Waals surface area contributed by atoms with Gasteiger partial charge in [0.05, 0.1) is 12.1 Å². The van der Waals surface area contributed by atoms with E-state index in [2.05, 4.69) is 10.3 Å². The average molecular weight is 380 g/mol. The van der Waals surface area contributed by atoms with Gasteiger partial charge in [-0.05, 0) is 19.4 Å². The van der Waals surface area contributed by atoms with Crippen molar-refractivity contribution >= 4 is 28.3 Å². The summed E-state index contributed by atoms with van der Waals surface area (Å²) in [4.78, 5) is 28.7. The molecule has 138 valence electrons. The van der Waals surface area contributed by atoms with E-state index < -0.39 is 18.0 Å². The van der Waals surface area contributed by atoms with Crippen molar-refractivity contribution in [3.8, 4) is 11.3 Å². The first-order valence-corrected chi connectivity index (χ1v) is 9.46. The van der Waals surface area contributed by atoms with Gasteiger partial charge in [0, 0.05) is 10.9 Å². The van der Waals surface area contributed by atoms with Gasteiger partial charge in [-0.3, -0.25) is 14.9 Å². The van der Waals surface area contributed by atoms with E-state index in [-0.39, 0.29) is 6.42 Å². The Morgan fingerprint density at radius 3 is 2.52 bits per heavy atom. The Hall–Kier alpha value is -2.99. The number of aryl methyl sites for hydroxylation is 1. The van der Waals surface area contributed by atoms with Crippen molar-refractivity contribution in [2.45, 2.75) is 26.4 Å². The molecular formula is C21H20N2O3S. The lowest BCUT2D eigenvalue weighted by molar-refractivity contribution is -0.152. The van der Waals surface area contributed by atoms with Crippen molar-refractivity contribution in [2.24, 2.45) is 0 Å². The number of nitrogens with zero attached hydrogens (tertiary/aromatic N) is 1. The minimum Gasteiger partial charge on any atom is -0.452 e. The highest BCUT2D eigenvalue weighted by atomic mass is 32.1. The quantitative estimate of drug-likeness (QED) is 0.650. The van der Waals surface area contributed by atoms with E-state index in [1.807, 2.05) is 66.9 Å². The maximum absolute atomic E-state index is 12.3. The molecule has 0 saturated carbocycles. The highest BCUT2D eigenvalue weighted by Crippen LogP contribution is 2.24. The topological polar surface area (TPSA) is 68.3 Å². The number of amides is 1. The molecule has 3 aromatic rings. The zero-order valence-corrected chi connectivity index (χ0v) is 16.0. The number of carbonyl (C=O) groups is 2. The molecule has 5 nitrogen and oxygen atoms in total. The van der Waals surface area contributed by atoms with Crippen LogP contribution in [-0.4, -0.2) is 23.0 Å². The van der Waals surface area contributed by atoms with Crippen molar-refractivity contribution < 1.29 is 14.3 Å². The molecule has 1 aromatic heterocycles. The van der Waals surface area contributed by atoms with Gasteiger partial charge in [0.25, 0.3) is 5.91 Å². The molecule has 1 amide bonds. The minimum atomic E-state index is -0.896. The molecule has 0 fully saturated rings. The summed E-state index contributed by atoms with van der Waals surface area (Å²) < 4.78 is 5.24. The zero-order chi connectivity index (χ0) is 19.2. The van der Waals surface area contributed by atoms with Crippen LogP contribution in [-0.2, 0) is 20.7 Å². The Balaban J connectivity index is 1.54. The first-order chi connectivity index (χ1) is 13.0. The number of esters is 1. The van der Waals surface area contributed by atoms with Crippen molar-refractivity contribution in [3.63, 3.8) is 0 Å². The van der Waals surface area contributed by atoms with E-state index in [0.29, 0.717) is 5.13 Å². The first-order valence-electron chi connectivity index (χ1n) is 8.58. The molecule has 0 saturated heterocycles. The summed E-state index contributed by atoms with van der Waals surface area (Å²) in [5, 5.41) is 5.05. The molecule has 1 heterocycles. The number of benzene rings is 2. The number of carbonyl (C=O) groups excluding carboxylic acids is 2. The average Bonchev–Trinajstić information content (AvgIpc) is 3.12. The normalized spacial score (nSPS) is 11.6. The predicted molar refractivity (Wildman–Crippen MR) is 107 cm³/mol. The fraction of sp³-hybridized carbons (Fsp3) is 0.190. The third-order valence-corrected chi connectivity index (χ3v) is 4.71. The summed E-state index contributed by atoms with van der Waals surface area (Å²) in [5.74, 6) is -0.841. The summed E-state index contributed by atoms with van der Waals surface area (Å²) in [7, 11) is 0. The molecule has 0 aliphatic carbocycles. The van der Waals surface area contributed by atoms with Gasteiger partial charge in [-0.1, -0.05) is 60.2 Å². The molecule has 27 heavy (non-hydrogen) atoms. The van der Waals surface area contributed by atoms with Gasteiger partial charge in [-0.2, -0.15) is 0 Å². The van der Waals surface area contributed by atoms with Crippen LogP contribution >= 0.6 is 11.3 Å². The van der Waals surface area contributed by atoms with Gasteiger partial charge >= 0.3 is 5.97 Å². The molecule has 0 spiro atoms. The van der Waals surface area contributed by atoms with Crippen LogP contribution in [0.2, 0.25) is 0 Å². The largest absolute Gasteiger partial charge is 0.452 e. The van der Waals surface area contributed by atoms with Gasteiger partial charge in [-0.25, -0.2) is 4.98 Å². The number of nitrogens with one attached hydrogen (secondary N) is 1. The standard InChI is InChI=1S/C21H20N2O3S/c1-14-8-10-16(11-9-14)12-19(24)26-15(2)20(25)23-21-22-18(13-27-21)17-6-4-3-5-7-17/h3-11,13,15H,12H2,1-2H3,(H,22,23,25)/t15-/m1/s1. The molecule has 0 bridgehead atoms. The number of ether oxygens (including phenoxy) is 1. The lowest BCUT2D eigenvalue weighted by Crippen LogP contribution is -2.30. The van der Waals surface area contributed by atoms with Crippen LogP contribution in [0, 0.1) is 6.92 Å². The summed E-state index contributed by atoms with van der Waals surface area (Å²) >= 11 is 1.33. The fourth-order valence-corrected chi connectivity index (χ4v) is 3.17. The summed E-state index contributed by atoms with van der Waals surface area (Å²) in [6.45, 7) is 3.53. The highest BCUT2D eigenvalue weighted by molar-refractivity contribution is 7.14. The first kappa shape index (κ1) is 18.8. The van der Waals surface area contributed by atoms with Crippen LogP contribution in [0.1, 0.15) is 18.1 Å². The molecule has 1 N–H and O–H groups in total. The van der Waals surface area contributed by atoms with E-state index in [1.165, 1.54) is 11.3 Å². The van der Waals surface area contributed by atoms with E-state index >= 15 is 0 Å². The van der Waals surface area contributed by atoms with E-state index in [1.54, 1.807) is 6.92 Å². The van der Waals surface area contributed by atoms with Crippen molar-refractivity contribution in [1.82, 2.24) is 4.98 Å². The predicted octanol–water partition coefficient (Wildman–Crippen LogP) is 4.23. The SMILES string of the molecule is Cc1ccc(CC(=O)O[C@H](C)C(=O)Nc2nc(-c3ccccc3)cs2)cc1. The second kappa shape index (κ2) is 8.60. The maximum atomic E-state index is 12.3. The van der Waals surface area contributed by atoms with Gasteiger partial charge < -0.3 is 4.74 Å². The molecule has 6 heteroatoms. The Kier molecular flexibility index (Phi) is 5.98. The second-order valence-electron chi connectivity index (χ2n) is 6.19. The Bertz CT molecular complexity index is 920. The Morgan fingerprint density at radius 2 is 1.81 bits per heavy atom. The minimum absolute atomic E-state index is 0.132. The lowest BCUT2D eigenvalue weighted by atomic mass is 10.1. The molecule has 1 atom stereocenters. The summed E-state index contributed by atoms with van der Waals surface area (Å²) in [6, 6.07) is 17.3. The van der Waals surface area contributed by atoms with Crippen LogP contribution in [0.3, 0.4) is 0 Å². The number of anilines is 1. The molecule has 0 unspecified atom stereocenters. The number of thiazole rings is 1. The van der Waals surface area contributed by atoms with E-state index in [0.717, 1.165) is 22.4 Å². The molecule has 0 radical (unpaired) electrons. The van der Waals surface area contributed by atoms with Gasteiger partial charge in [-0.15, -0.1) is 11.3 Å². The van der Waals surface area contributed by atoms with Crippen LogP contribution in [0.4, 0.5) is 5.13 Å². The maximum Gasteiger partial charge on any atom is 0.311 e. The van der Waals surface area contributed by atoms with Crippen LogP contribution in [0.5, 0.6) is 0 Å². The lowest BCUT2D eigenvalue weighted by Gasteiger charge is -2.12. The Labute approximate surface area is 162 Å². The third-order valence-electron chi connectivity index (χ3n) is 3.95. The number of hydrogen-bond donors (Lipinski definition) is 1. The fourth-order valence-electron chi connectivity index (χ4n) is 2.44. The molecule has 2 aromatic carbocycles. The summed E-state index contributed by atoms with van der Waals surface area (Å²) in [6.07, 6.45) is -0.764. The molecule has 3 rings (SSSR count). The monoisotopic (exact) mass is 380 g/mol. The molecule has 0 aliphatic heterocycles. The highest BCUT2D eigenvalue weighted by Gasteiger charge is 2.19. The zero-order valence-electron chi connectivity index (χ0n) is 15.1. The van der Waals surface area contributed by atoms with E-state index in [4.69, 9.17) is 4.74 Å². The van der Waals surface area contributed by atoms with Gasteiger partial charge in [0.1, 0.15) is 0 Å². The van der Waals surface area contributed by atoms with Crippen LogP contribution in [0.15, 0.2) is 60.0 Å². The third kappa shape index (κ3) is 5.24. The van der Waals surface area contributed by atoms with E-state index in [9.17, 15) is 9.59 Å². The van der Waals surface area contributed by atoms with Crippen LogP contribution in [0.25, 0.3) is 11.3 Å². The number of aromatic nitrogens is 1. The molecular weight excluding hydrogens is 360 g/mol. The van der Waals surface area contributed by atoms with Gasteiger partial charge in [0.15, 0.2) is 11.2 Å². The smallest absolute Gasteiger partial charge is 0.311 e. The van der Waals surface area contributed by atoms with Gasteiger partial charge in [0.2, 0.25) is 0 Å². The van der Waals surface area contributed by atoms with Crippen LogP contribution < -0.4 is 5.32 Å². The number of hydrogen-bond acceptors (Lipinski definition) is 5. The summed E-state index contributed by atoms with van der Waals surface area (Å²) in [5.41, 5.74) is 3.75. The van der Waals surface area contributed by atoms with Crippen molar-refractivity contribution in [2.75, 3.05) is 5.32 Å². The second-order valence-corrected chi connectivity index (χ2v) is 7.05. The Morgan fingerprint density at radius 1 is 1.11 bits per heavy atom. The van der Waals surface area contributed by atoms with Crippen molar-refractivity contribution in [1.29, 1.82) is 0 Å². The number of rotatable bonds is 6. The molecule has 0 aliphatic rings. The van der Waals surface area contributed by atoms with Crippen molar-refractivity contribution in [3.05, 3.63) is 71.1 Å².